The first kappa shape index (κ1) is 50.4. The van der Waals surface area contributed by atoms with Crippen LogP contribution >= 0.6 is 0 Å². The molecule has 3 aliphatic heterocycles. The van der Waals surface area contributed by atoms with Crippen molar-refractivity contribution in [1.82, 2.24) is 4.90 Å². The molecule has 5 rings (SSSR count). The fourth-order valence-corrected chi connectivity index (χ4v) is 9.71. The second-order valence-corrected chi connectivity index (χ2v) is 19.2. The number of amides is 1. The number of likely N-dealkylation sites (tertiary alicyclic amines) is 1. The molecule has 2 aromatic carbocycles. The number of nitrogens with one attached hydrogen (secondary N) is 1. The Morgan fingerprint density at radius 2 is 1.67 bits per heavy atom. The number of carbonyl (C=O) groups is 3. The number of ether oxygens (including phenoxy) is 4. The highest BCUT2D eigenvalue weighted by molar-refractivity contribution is 6.18. The van der Waals surface area contributed by atoms with E-state index < -0.39 is 59.2 Å². The fourth-order valence-electron chi connectivity index (χ4n) is 9.71. The van der Waals surface area contributed by atoms with Gasteiger partial charge in [-0.2, -0.15) is 0 Å². The first-order valence-corrected chi connectivity index (χ1v) is 22.9. The molecule has 0 unspecified atom stereocenters. The molecule has 64 heavy (non-hydrogen) atoms. The van der Waals surface area contributed by atoms with Crippen molar-refractivity contribution in [3.05, 3.63) is 57.8 Å². The molecule has 1 spiro atoms. The number of piperidine rings is 1. The monoisotopic (exact) mass is 889 g/mol. The summed E-state index contributed by atoms with van der Waals surface area (Å²) in [5.74, 6) is -4.10. The summed E-state index contributed by atoms with van der Waals surface area (Å²) in [7, 11) is 1.55. The number of hydrogen-bond acceptors (Lipinski definition) is 13. The molecule has 3 heterocycles. The van der Waals surface area contributed by atoms with Crippen LogP contribution < -0.4 is 20.8 Å². The van der Waals surface area contributed by atoms with Gasteiger partial charge >= 0.3 is 5.97 Å². The quantitative estimate of drug-likeness (QED) is 0.0902. The van der Waals surface area contributed by atoms with E-state index in [1.54, 1.807) is 66.0 Å². The number of rotatable bonds is 8. The Balaban J connectivity index is 1.77. The number of hydrogen-bond donors (Lipinski definition) is 4. The zero-order chi connectivity index (χ0) is 47.4. The number of allylic oxidation sites excluding steroid dienone is 4. The number of methoxy groups -OCH3 is 1. The first-order chi connectivity index (χ1) is 30.0. The third-order valence-electron chi connectivity index (χ3n) is 12.7. The molecular weight excluding hydrogens is 817 g/mol. The lowest BCUT2D eigenvalue weighted by atomic mass is 9.79. The number of aliphatic hydroxyl groups is 1. The fraction of sp³-hybridized carbons (Fsp3) is 0.620. The van der Waals surface area contributed by atoms with Crippen LogP contribution in [0.2, 0.25) is 0 Å². The van der Waals surface area contributed by atoms with Crippen LogP contribution in [0.1, 0.15) is 118 Å². The maximum atomic E-state index is 14.9. The zero-order valence-electron chi connectivity index (χ0n) is 40.2. The van der Waals surface area contributed by atoms with Gasteiger partial charge in [0.05, 0.1) is 35.5 Å². The lowest BCUT2D eigenvalue weighted by molar-refractivity contribution is -0.238. The number of ketones is 1. The van der Waals surface area contributed by atoms with E-state index in [1.807, 2.05) is 33.8 Å². The smallest absolute Gasteiger partial charge is 0.302 e. The number of benzene rings is 2. The lowest BCUT2D eigenvalue weighted by Crippen LogP contribution is -2.47. The summed E-state index contributed by atoms with van der Waals surface area (Å²) in [6, 6.07) is 0. The van der Waals surface area contributed by atoms with E-state index in [9.17, 15) is 29.7 Å². The van der Waals surface area contributed by atoms with Crippen molar-refractivity contribution in [3.8, 4) is 17.2 Å². The Hall–Kier alpha value is -4.63. The van der Waals surface area contributed by atoms with Gasteiger partial charge < -0.3 is 44.5 Å². The van der Waals surface area contributed by atoms with Gasteiger partial charge in [-0.05, 0) is 58.8 Å². The third-order valence-corrected chi connectivity index (χ3v) is 12.7. The molecule has 1 saturated heterocycles. The van der Waals surface area contributed by atoms with Gasteiger partial charge in [0, 0.05) is 81.3 Å². The predicted octanol–water partition coefficient (Wildman–Crippen LogP) is 7.24. The van der Waals surface area contributed by atoms with E-state index in [0.29, 0.717) is 36.4 Å². The Kier molecular flexibility index (Phi) is 16.3. The summed E-state index contributed by atoms with van der Waals surface area (Å²) in [6.45, 7) is 24.4. The van der Waals surface area contributed by atoms with E-state index in [0.717, 1.165) is 19.6 Å². The number of phenolic OH excluding ortho intramolecular Hbond substituents is 2. The summed E-state index contributed by atoms with van der Waals surface area (Å²) < 4.78 is 24.5. The average Bonchev–Trinajstić information content (AvgIpc) is 3.58. The maximum Gasteiger partial charge on any atom is 0.302 e. The highest BCUT2D eigenvalue weighted by atomic mass is 16.6. The summed E-state index contributed by atoms with van der Waals surface area (Å²) in [5.41, 5.74) is 0.230. The van der Waals surface area contributed by atoms with Crippen LogP contribution in [0.4, 0.5) is 5.69 Å². The summed E-state index contributed by atoms with van der Waals surface area (Å²) >= 11 is 0. The molecule has 0 aliphatic carbocycles. The van der Waals surface area contributed by atoms with Crippen molar-refractivity contribution < 1.29 is 48.7 Å². The maximum absolute atomic E-state index is 14.9. The minimum atomic E-state index is -1.49. The van der Waals surface area contributed by atoms with E-state index in [4.69, 9.17) is 23.9 Å². The van der Waals surface area contributed by atoms with E-state index >= 15 is 0 Å². The van der Waals surface area contributed by atoms with Crippen LogP contribution in [0.15, 0.2) is 45.9 Å². The largest absolute Gasteiger partial charge is 0.507 e. The number of aromatic hydroxyl groups is 2. The van der Waals surface area contributed by atoms with Crippen molar-refractivity contribution in [2.24, 2.45) is 39.6 Å². The molecule has 4 N–H and O–H groups in total. The first-order valence-electron chi connectivity index (χ1n) is 22.9. The van der Waals surface area contributed by atoms with Gasteiger partial charge in [-0.3, -0.25) is 19.4 Å². The Morgan fingerprint density at radius 3 is 2.27 bits per heavy atom. The van der Waals surface area contributed by atoms with Crippen molar-refractivity contribution in [1.29, 1.82) is 0 Å². The molecule has 2 bridgehead atoms. The van der Waals surface area contributed by atoms with Crippen molar-refractivity contribution in [2.45, 2.75) is 139 Å². The molecule has 14 nitrogen and oxygen atoms in total. The second-order valence-electron chi connectivity index (χ2n) is 19.2. The Labute approximate surface area is 378 Å². The molecule has 1 fully saturated rings. The molecular formula is C50H72N4O10. The molecule has 2 aromatic rings. The Morgan fingerprint density at radius 1 is 1.00 bits per heavy atom. The van der Waals surface area contributed by atoms with Gasteiger partial charge in [-0.15, -0.1) is 0 Å². The van der Waals surface area contributed by atoms with E-state index in [2.05, 4.69) is 29.1 Å². The third kappa shape index (κ3) is 11.2. The Bertz CT molecular complexity index is 2280. The predicted molar refractivity (Wildman–Crippen MR) is 247 cm³/mol. The topological polar surface area (TPSA) is 189 Å². The van der Waals surface area contributed by atoms with Crippen molar-refractivity contribution >= 4 is 34.1 Å². The number of Topliss-reactive ketones (excluding diaryl/α,β-unsaturated/α-hetero) is 1. The van der Waals surface area contributed by atoms with Crippen molar-refractivity contribution in [2.75, 3.05) is 38.7 Å². The van der Waals surface area contributed by atoms with Gasteiger partial charge in [0.2, 0.25) is 0 Å². The number of anilines is 1. The number of phenols is 2. The van der Waals surface area contributed by atoms with Crippen LogP contribution in [0.5, 0.6) is 17.2 Å². The summed E-state index contributed by atoms with van der Waals surface area (Å²) in [5, 5.41) is 39.0. The molecule has 0 saturated carbocycles. The molecule has 14 heteroatoms. The van der Waals surface area contributed by atoms with Gasteiger partial charge in [-0.1, -0.05) is 71.9 Å². The standard InChI is InChI=1S/C50H72N4O10/c1-14-62-47-32(8)43(57)39-38-37(47)35(56)19-16-20-36(61-13)31(7)46(63-34(10)55)33(9)45(64-49(11,12)60)30(6)25-28(4)17-15-18-29(5)48(59)51-42(44(39)58)41-40(38)52-50(53-41)21-23-54(24-22-50)26-27(2)3/h15-18,20,27-28,30-31,33,36,45-46,52,57-58,60H,14,19,21-26H2,1-13H3/b17-15+,20-16+,29-18-,51-42?/t28-,30+,31+,33+,36-,45+,46+/m0/s1. The normalized spacial score (nSPS) is 28.0. The second kappa shape index (κ2) is 20.7. The average molecular weight is 889 g/mol. The van der Waals surface area contributed by atoms with Gasteiger partial charge in [0.15, 0.2) is 17.3 Å². The summed E-state index contributed by atoms with van der Waals surface area (Å²) in [6.07, 6.45) is 8.70. The van der Waals surface area contributed by atoms with E-state index in [1.165, 1.54) is 6.92 Å². The lowest BCUT2D eigenvalue weighted by Gasteiger charge is -2.41. The molecule has 0 radical (unpaired) electrons. The number of esters is 1. The molecule has 352 valence electrons. The number of nitrogens with zero attached hydrogens (tertiary/aromatic N) is 3. The molecule has 1 amide bonds. The minimum Gasteiger partial charge on any atom is -0.507 e. The highest BCUT2D eigenvalue weighted by Gasteiger charge is 2.42. The van der Waals surface area contributed by atoms with Crippen LogP contribution in [-0.2, 0) is 23.8 Å². The van der Waals surface area contributed by atoms with Crippen LogP contribution in [0, 0.1) is 36.5 Å². The SMILES string of the molecule is CCOc1c(C)c(O)c2c(O)c3c4c(c2c1C(=O)C/C=C/[C@H](OC)[C@@H](C)[C@@H](OC(C)=O)[C@H](C)[C@H](OC(C)(C)O)[C@H](C)C[C@@H](C)/C=C/C=C(/C)C(=O)N=3)NC1(CCN(CC(C)C)CC1)N=4. The van der Waals surface area contributed by atoms with Crippen LogP contribution in [0.3, 0.4) is 0 Å². The molecule has 7 atom stereocenters. The van der Waals surface area contributed by atoms with Crippen LogP contribution in [0.25, 0.3) is 10.8 Å². The van der Waals surface area contributed by atoms with Crippen LogP contribution in [-0.4, -0.2) is 101 Å². The van der Waals surface area contributed by atoms with Gasteiger partial charge in [-0.25, -0.2) is 4.99 Å². The summed E-state index contributed by atoms with van der Waals surface area (Å²) in [4.78, 5) is 53.6. The highest BCUT2D eigenvalue weighted by Crippen LogP contribution is 2.47. The van der Waals surface area contributed by atoms with Gasteiger partial charge in [0.25, 0.3) is 5.91 Å². The molecule has 3 aliphatic rings. The minimum absolute atomic E-state index is 0.00703. The zero-order valence-corrected chi connectivity index (χ0v) is 40.2. The number of carbonyl (C=O) groups excluding carboxylic acids is 3. The molecule has 0 aromatic heterocycles. The van der Waals surface area contributed by atoms with Gasteiger partial charge in [0.1, 0.15) is 34.0 Å². The van der Waals surface area contributed by atoms with E-state index in [-0.39, 0.29) is 74.8 Å². The van der Waals surface area contributed by atoms with Crippen molar-refractivity contribution in [3.63, 3.8) is 0 Å².